The molecule has 0 bridgehead atoms. The van der Waals surface area contributed by atoms with E-state index in [0.29, 0.717) is 16.5 Å². The normalized spacial score (nSPS) is 11.0. The number of aromatic nitrogens is 2. The summed E-state index contributed by atoms with van der Waals surface area (Å²) in [5.74, 6) is 0.102. The van der Waals surface area contributed by atoms with Crippen molar-refractivity contribution in [3.05, 3.63) is 35.2 Å². The highest BCUT2D eigenvalue weighted by Crippen LogP contribution is 2.36. The van der Waals surface area contributed by atoms with E-state index in [1.165, 1.54) is 13.2 Å². The smallest absolute Gasteiger partial charge is 0.164 e. The zero-order valence-corrected chi connectivity index (χ0v) is 11.2. The summed E-state index contributed by atoms with van der Waals surface area (Å²) < 4.78 is 20.8. The molecule has 96 valence electrons. The number of halogens is 2. The lowest BCUT2D eigenvalue weighted by atomic mass is 10.1. The highest BCUT2D eigenvalue weighted by atomic mass is 35.5. The SMILES string of the molecule is COc1cn(C(C)C)nc1-c1c(F)cccc1Cl. The summed E-state index contributed by atoms with van der Waals surface area (Å²) in [6.45, 7) is 3.97. The van der Waals surface area contributed by atoms with Crippen LogP contribution in [0.5, 0.6) is 5.75 Å². The van der Waals surface area contributed by atoms with Crippen LogP contribution in [-0.2, 0) is 0 Å². The molecule has 0 aliphatic rings. The van der Waals surface area contributed by atoms with E-state index in [-0.39, 0.29) is 11.6 Å². The third-order valence-corrected chi connectivity index (χ3v) is 2.96. The largest absolute Gasteiger partial charge is 0.493 e. The van der Waals surface area contributed by atoms with Crippen LogP contribution < -0.4 is 4.74 Å². The molecule has 0 radical (unpaired) electrons. The Kier molecular flexibility index (Phi) is 3.57. The van der Waals surface area contributed by atoms with Gasteiger partial charge in [0.15, 0.2) is 5.75 Å². The summed E-state index contributed by atoms with van der Waals surface area (Å²) in [5.41, 5.74) is 0.699. The number of ether oxygens (including phenoxy) is 1. The van der Waals surface area contributed by atoms with Gasteiger partial charge in [-0.2, -0.15) is 5.10 Å². The van der Waals surface area contributed by atoms with Crippen molar-refractivity contribution in [1.82, 2.24) is 9.78 Å². The molecule has 0 unspecified atom stereocenters. The number of methoxy groups -OCH3 is 1. The molecule has 0 aliphatic heterocycles. The predicted molar refractivity (Wildman–Crippen MR) is 69.6 cm³/mol. The fourth-order valence-corrected chi connectivity index (χ4v) is 1.94. The Hall–Kier alpha value is -1.55. The minimum absolute atomic E-state index is 0.165. The molecule has 0 amide bonds. The van der Waals surface area contributed by atoms with Crippen molar-refractivity contribution in [2.45, 2.75) is 19.9 Å². The number of benzene rings is 1. The first-order chi connectivity index (χ1) is 8.54. The van der Waals surface area contributed by atoms with Crippen LogP contribution in [0.4, 0.5) is 4.39 Å². The second-order valence-corrected chi connectivity index (χ2v) is 4.62. The van der Waals surface area contributed by atoms with Crippen molar-refractivity contribution in [2.75, 3.05) is 7.11 Å². The minimum atomic E-state index is -0.408. The zero-order valence-electron chi connectivity index (χ0n) is 10.4. The zero-order chi connectivity index (χ0) is 13.3. The van der Waals surface area contributed by atoms with Crippen molar-refractivity contribution < 1.29 is 9.13 Å². The van der Waals surface area contributed by atoms with Crippen LogP contribution in [0.15, 0.2) is 24.4 Å². The summed E-state index contributed by atoms with van der Waals surface area (Å²) in [5, 5.41) is 4.66. The van der Waals surface area contributed by atoms with Crippen LogP contribution in [-0.4, -0.2) is 16.9 Å². The van der Waals surface area contributed by atoms with Crippen LogP contribution in [0.3, 0.4) is 0 Å². The van der Waals surface area contributed by atoms with Gasteiger partial charge in [0.1, 0.15) is 11.5 Å². The Morgan fingerprint density at radius 2 is 2.11 bits per heavy atom. The van der Waals surface area contributed by atoms with Crippen molar-refractivity contribution in [2.24, 2.45) is 0 Å². The number of hydrogen-bond acceptors (Lipinski definition) is 2. The molecular weight excluding hydrogens is 255 g/mol. The van der Waals surface area contributed by atoms with E-state index < -0.39 is 5.82 Å². The molecule has 0 aliphatic carbocycles. The molecule has 5 heteroatoms. The molecule has 3 nitrogen and oxygen atoms in total. The quantitative estimate of drug-likeness (QED) is 0.843. The first-order valence-electron chi connectivity index (χ1n) is 5.62. The molecule has 18 heavy (non-hydrogen) atoms. The summed E-state index contributed by atoms with van der Waals surface area (Å²) in [6, 6.07) is 4.72. The Bertz CT molecular complexity index is 546. The van der Waals surface area contributed by atoms with Gasteiger partial charge in [0.05, 0.1) is 23.9 Å². The highest BCUT2D eigenvalue weighted by molar-refractivity contribution is 6.33. The third-order valence-electron chi connectivity index (χ3n) is 2.65. The van der Waals surface area contributed by atoms with Gasteiger partial charge in [-0.1, -0.05) is 17.7 Å². The molecule has 2 rings (SSSR count). The molecule has 0 fully saturated rings. The Labute approximate surface area is 110 Å². The van der Waals surface area contributed by atoms with E-state index in [4.69, 9.17) is 16.3 Å². The fourth-order valence-electron chi connectivity index (χ4n) is 1.69. The highest BCUT2D eigenvalue weighted by Gasteiger charge is 2.19. The molecule has 1 aromatic heterocycles. The van der Waals surface area contributed by atoms with Gasteiger partial charge in [0.25, 0.3) is 0 Å². The van der Waals surface area contributed by atoms with Gasteiger partial charge < -0.3 is 4.74 Å². The lowest BCUT2D eigenvalue weighted by Gasteiger charge is -2.05. The Balaban J connectivity index is 2.63. The van der Waals surface area contributed by atoms with E-state index >= 15 is 0 Å². The van der Waals surface area contributed by atoms with Crippen molar-refractivity contribution in [3.63, 3.8) is 0 Å². The lowest BCUT2D eigenvalue weighted by Crippen LogP contribution is -2.01. The molecule has 0 atom stereocenters. The summed E-state index contributed by atoms with van der Waals surface area (Å²) in [6.07, 6.45) is 1.74. The van der Waals surface area contributed by atoms with Crippen LogP contribution in [0, 0.1) is 5.82 Å². The summed E-state index contributed by atoms with van der Waals surface area (Å²) in [4.78, 5) is 0. The monoisotopic (exact) mass is 268 g/mol. The van der Waals surface area contributed by atoms with Gasteiger partial charge in [0.2, 0.25) is 0 Å². The van der Waals surface area contributed by atoms with E-state index in [1.807, 2.05) is 13.8 Å². The maximum atomic E-state index is 13.9. The van der Waals surface area contributed by atoms with E-state index in [1.54, 1.807) is 23.0 Å². The fraction of sp³-hybridized carbons (Fsp3) is 0.308. The van der Waals surface area contributed by atoms with E-state index in [0.717, 1.165) is 0 Å². The molecular formula is C13H14ClFN2O. The third kappa shape index (κ3) is 2.20. The first-order valence-corrected chi connectivity index (χ1v) is 6.00. The van der Waals surface area contributed by atoms with Gasteiger partial charge in [-0.15, -0.1) is 0 Å². The number of nitrogens with zero attached hydrogens (tertiary/aromatic N) is 2. The molecule has 2 aromatic rings. The van der Waals surface area contributed by atoms with Crippen molar-refractivity contribution >= 4 is 11.6 Å². The molecule has 1 heterocycles. The Morgan fingerprint density at radius 3 is 2.67 bits per heavy atom. The van der Waals surface area contributed by atoms with Gasteiger partial charge in [0, 0.05) is 6.04 Å². The second-order valence-electron chi connectivity index (χ2n) is 4.22. The molecule has 0 N–H and O–H groups in total. The van der Waals surface area contributed by atoms with E-state index in [2.05, 4.69) is 5.10 Å². The summed E-state index contributed by atoms with van der Waals surface area (Å²) >= 11 is 6.04. The van der Waals surface area contributed by atoms with Crippen LogP contribution >= 0.6 is 11.6 Å². The first kappa shape index (κ1) is 12.9. The maximum Gasteiger partial charge on any atom is 0.164 e. The minimum Gasteiger partial charge on any atom is -0.493 e. The predicted octanol–water partition coefficient (Wildman–Crippen LogP) is 3.93. The number of rotatable bonds is 3. The molecule has 0 saturated heterocycles. The lowest BCUT2D eigenvalue weighted by molar-refractivity contribution is 0.413. The summed E-state index contributed by atoms with van der Waals surface area (Å²) in [7, 11) is 1.53. The van der Waals surface area contributed by atoms with Gasteiger partial charge >= 0.3 is 0 Å². The van der Waals surface area contributed by atoms with Crippen LogP contribution in [0.25, 0.3) is 11.3 Å². The van der Waals surface area contributed by atoms with Gasteiger partial charge in [-0.3, -0.25) is 4.68 Å². The molecule has 0 spiro atoms. The average Bonchev–Trinajstić information content (AvgIpc) is 2.73. The standard InChI is InChI=1S/C13H14ClFN2O/c1-8(2)17-7-11(18-3)13(16-17)12-9(14)5-4-6-10(12)15/h4-8H,1-3H3. The second kappa shape index (κ2) is 4.98. The van der Waals surface area contributed by atoms with Crippen molar-refractivity contribution in [3.8, 4) is 17.0 Å². The van der Waals surface area contributed by atoms with Crippen molar-refractivity contribution in [1.29, 1.82) is 0 Å². The maximum absolute atomic E-state index is 13.9. The molecule has 0 saturated carbocycles. The Morgan fingerprint density at radius 1 is 1.39 bits per heavy atom. The number of hydrogen-bond donors (Lipinski definition) is 0. The topological polar surface area (TPSA) is 27.1 Å². The van der Waals surface area contributed by atoms with Crippen LogP contribution in [0.1, 0.15) is 19.9 Å². The van der Waals surface area contributed by atoms with Gasteiger partial charge in [-0.25, -0.2) is 4.39 Å². The average molecular weight is 269 g/mol. The van der Waals surface area contributed by atoms with Gasteiger partial charge in [-0.05, 0) is 26.0 Å². The molecule has 1 aromatic carbocycles. The van der Waals surface area contributed by atoms with E-state index in [9.17, 15) is 4.39 Å². The van der Waals surface area contributed by atoms with Crippen LogP contribution in [0.2, 0.25) is 5.02 Å².